The minimum absolute atomic E-state index is 0.707. The molecule has 0 aromatic heterocycles. The Balaban J connectivity index is 1.89. The van der Waals surface area contributed by atoms with Crippen molar-refractivity contribution in [1.82, 2.24) is 10.2 Å². The van der Waals surface area contributed by atoms with Crippen LogP contribution in [0.4, 0.5) is 0 Å². The third-order valence-corrected chi connectivity index (χ3v) is 5.41. The van der Waals surface area contributed by atoms with Crippen LogP contribution in [0, 0.1) is 11.3 Å². The molecule has 3 atom stereocenters. The quantitative estimate of drug-likeness (QED) is 0.792. The number of hydrogen-bond donors (Lipinski definition) is 1. The maximum absolute atomic E-state index is 3.65. The van der Waals surface area contributed by atoms with E-state index < -0.39 is 0 Å². The standard InChI is InChI=1S/C15H30N2/c1-5-15(8-9-15)11-17-10-7-14(16-6-2)12(3)13(17)4/h12-14,16H,5-11H2,1-4H3. The third kappa shape index (κ3) is 2.85. The van der Waals surface area contributed by atoms with Crippen LogP contribution < -0.4 is 5.32 Å². The van der Waals surface area contributed by atoms with Gasteiger partial charge in [-0.1, -0.05) is 20.8 Å². The fourth-order valence-electron chi connectivity index (χ4n) is 3.44. The van der Waals surface area contributed by atoms with Gasteiger partial charge in [-0.3, -0.25) is 4.90 Å². The van der Waals surface area contributed by atoms with E-state index in [4.69, 9.17) is 0 Å². The Morgan fingerprint density at radius 1 is 1.24 bits per heavy atom. The lowest BCUT2D eigenvalue weighted by atomic mass is 9.86. The van der Waals surface area contributed by atoms with Gasteiger partial charge in [-0.25, -0.2) is 0 Å². The third-order valence-electron chi connectivity index (χ3n) is 5.41. The molecular formula is C15H30N2. The van der Waals surface area contributed by atoms with Crippen molar-refractivity contribution < 1.29 is 0 Å². The molecule has 0 radical (unpaired) electrons. The summed E-state index contributed by atoms with van der Waals surface area (Å²) in [7, 11) is 0. The first-order valence-corrected chi connectivity index (χ1v) is 7.59. The average molecular weight is 238 g/mol. The van der Waals surface area contributed by atoms with E-state index in [-0.39, 0.29) is 0 Å². The smallest absolute Gasteiger partial charge is 0.0120 e. The monoisotopic (exact) mass is 238 g/mol. The lowest BCUT2D eigenvalue weighted by molar-refractivity contribution is 0.0656. The van der Waals surface area contributed by atoms with Crippen molar-refractivity contribution in [2.45, 2.75) is 65.5 Å². The number of hydrogen-bond acceptors (Lipinski definition) is 2. The Kier molecular flexibility index (Phi) is 4.14. The van der Waals surface area contributed by atoms with E-state index in [1.54, 1.807) is 0 Å². The fourth-order valence-corrected chi connectivity index (χ4v) is 3.44. The second kappa shape index (κ2) is 5.27. The van der Waals surface area contributed by atoms with Crippen LogP contribution in [0.5, 0.6) is 0 Å². The van der Waals surface area contributed by atoms with E-state index in [9.17, 15) is 0 Å². The first kappa shape index (κ1) is 13.4. The van der Waals surface area contributed by atoms with Crippen molar-refractivity contribution in [1.29, 1.82) is 0 Å². The number of likely N-dealkylation sites (tertiary alicyclic amines) is 1. The van der Waals surface area contributed by atoms with Crippen LogP contribution >= 0.6 is 0 Å². The van der Waals surface area contributed by atoms with Crippen LogP contribution in [0.25, 0.3) is 0 Å². The van der Waals surface area contributed by atoms with Gasteiger partial charge in [0.2, 0.25) is 0 Å². The Morgan fingerprint density at radius 3 is 2.47 bits per heavy atom. The molecule has 0 amide bonds. The molecule has 1 N–H and O–H groups in total. The summed E-state index contributed by atoms with van der Waals surface area (Å²) in [6, 6.07) is 1.49. The van der Waals surface area contributed by atoms with Crippen LogP contribution in [0.15, 0.2) is 0 Å². The van der Waals surface area contributed by atoms with Gasteiger partial charge < -0.3 is 5.32 Å². The minimum Gasteiger partial charge on any atom is -0.314 e. The van der Waals surface area contributed by atoms with Crippen LogP contribution in [0.3, 0.4) is 0 Å². The zero-order valence-corrected chi connectivity index (χ0v) is 12.1. The van der Waals surface area contributed by atoms with Gasteiger partial charge in [0, 0.05) is 18.6 Å². The van der Waals surface area contributed by atoms with Crippen LogP contribution in [-0.2, 0) is 0 Å². The molecule has 2 fully saturated rings. The number of nitrogens with one attached hydrogen (secondary N) is 1. The highest BCUT2D eigenvalue weighted by Gasteiger charge is 2.44. The summed E-state index contributed by atoms with van der Waals surface area (Å²) in [5.74, 6) is 0.788. The molecule has 17 heavy (non-hydrogen) atoms. The van der Waals surface area contributed by atoms with Gasteiger partial charge in [-0.2, -0.15) is 0 Å². The van der Waals surface area contributed by atoms with Crippen molar-refractivity contribution in [3.05, 3.63) is 0 Å². The molecule has 1 saturated heterocycles. The Labute approximate surface area is 107 Å². The molecule has 1 aliphatic carbocycles. The molecule has 2 aliphatic rings. The highest BCUT2D eigenvalue weighted by molar-refractivity contribution is 4.98. The summed E-state index contributed by atoms with van der Waals surface area (Å²) >= 11 is 0. The van der Waals surface area contributed by atoms with Crippen LogP contribution in [0.2, 0.25) is 0 Å². The maximum atomic E-state index is 3.65. The first-order valence-electron chi connectivity index (χ1n) is 7.59. The lowest BCUT2D eigenvalue weighted by Gasteiger charge is -2.44. The molecule has 3 unspecified atom stereocenters. The molecule has 2 rings (SSSR count). The van der Waals surface area contributed by atoms with Crippen molar-refractivity contribution in [2.75, 3.05) is 19.6 Å². The number of nitrogens with zero attached hydrogens (tertiary/aromatic N) is 1. The van der Waals surface area contributed by atoms with Crippen molar-refractivity contribution in [3.8, 4) is 0 Å². The Morgan fingerprint density at radius 2 is 1.94 bits per heavy atom. The second-order valence-corrected chi connectivity index (χ2v) is 6.38. The largest absolute Gasteiger partial charge is 0.314 e. The molecule has 0 spiro atoms. The van der Waals surface area contributed by atoms with E-state index >= 15 is 0 Å². The van der Waals surface area contributed by atoms with Gasteiger partial charge in [0.05, 0.1) is 0 Å². The minimum atomic E-state index is 0.707. The zero-order chi connectivity index (χ0) is 12.5. The van der Waals surface area contributed by atoms with Crippen LogP contribution in [0.1, 0.15) is 53.4 Å². The average Bonchev–Trinajstić information content (AvgIpc) is 3.10. The molecule has 2 heteroatoms. The fraction of sp³-hybridized carbons (Fsp3) is 1.00. The summed E-state index contributed by atoms with van der Waals surface area (Å²) in [5, 5.41) is 3.65. The molecule has 1 saturated carbocycles. The van der Waals surface area contributed by atoms with E-state index in [1.807, 2.05) is 0 Å². The highest BCUT2D eigenvalue weighted by Crippen LogP contribution is 2.49. The summed E-state index contributed by atoms with van der Waals surface area (Å²) in [6.45, 7) is 13.2. The predicted molar refractivity (Wildman–Crippen MR) is 74.2 cm³/mol. The second-order valence-electron chi connectivity index (χ2n) is 6.38. The summed E-state index contributed by atoms with van der Waals surface area (Å²) in [6.07, 6.45) is 5.65. The molecule has 0 aromatic rings. The van der Waals surface area contributed by atoms with Gasteiger partial charge in [0.1, 0.15) is 0 Å². The van der Waals surface area contributed by atoms with Gasteiger partial charge in [0.15, 0.2) is 0 Å². The van der Waals surface area contributed by atoms with Gasteiger partial charge in [-0.15, -0.1) is 0 Å². The first-order chi connectivity index (χ1) is 8.12. The van der Waals surface area contributed by atoms with Gasteiger partial charge >= 0.3 is 0 Å². The van der Waals surface area contributed by atoms with Gasteiger partial charge in [0.25, 0.3) is 0 Å². The van der Waals surface area contributed by atoms with E-state index in [0.29, 0.717) is 5.41 Å². The van der Waals surface area contributed by atoms with Crippen LogP contribution in [-0.4, -0.2) is 36.6 Å². The van der Waals surface area contributed by atoms with Crippen molar-refractivity contribution >= 4 is 0 Å². The zero-order valence-electron chi connectivity index (χ0n) is 12.1. The number of piperidine rings is 1. The van der Waals surface area contributed by atoms with E-state index in [1.165, 1.54) is 38.8 Å². The highest BCUT2D eigenvalue weighted by atomic mass is 15.2. The van der Waals surface area contributed by atoms with E-state index in [2.05, 4.69) is 37.9 Å². The Bertz CT molecular complexity index is 247. The topological polar surface area (TPSA) is 15.3 Å². The SMILES string of the molecule is CCNC1CCN(CC2(CC)CC2)C(C)C1C. The van der Waals surface area contributed by atoms with Crippen molar-refractivity contribution in [2.24, 2.45) is 11.3 Å². The summed E-state index contributed by atoms with van der Waals surface area (Å²) in [4.78, 5) is 2.76. The molecule has 1 heterocycles. The molecular weight excluding hydrogens is 208 g/mol. The van der Waals surface area contributed by atoms with E-state index in [0.717, 1.165) is 24.5 Å². The van der Waals surface area contributed by atoms with Gasteiger partial charge in [-0.05, 0) is 57.0 Å². The van der Waals surface area contributed by atoms with Crippen molar-refractivity contribution in [3.63, 3.8) is 0 Å². The molecule has 100 valence electrons. The summed E-state index contributed by atoms with van der Waals surface area (Å²) < 4.78 is 0. The molecule has 2 nitrogen and oxygen atoms in total. The maximum Gasteiger partial charge on any atom is 0.0120 e. The Hall–Kier alpha value is -0.0800. The molecule has 1 aliphatic heterocycles. The molecule has 0 bridgehead atoms. The molecule has 0 aromatic carbocycles. The number of rotatable bonds is 5. The predicted octanol–water partition coefficient (Wildman–Crippen LogP) is 2.89. The summed E-state index contributed by atoms with van der Waals surface area (Å²) in [5.41, 5.74) is 0.707. The lowest BCUT2D eigenvalue weighted by Crippen LogP contribution is -2.54. The normalized spacial score (nSPS) is 37.1.